The highest BCUT2D eigenvalue weighted by molar-refractivity contribution is 7.71. The maximum atomic E-state index is 5.49. The summed E-state index contributed by atoms with van der Waals surface area (Å²) in [5.74, 6) is 0.863. The number of hydrogen-bond donors (Lipinski definition) is 0. The van der Waals surface area contributed by atoms with E-state index in [1.165, 1.54) is 5.56 Å². The fourth-order valence-corrected chi connectivity index (χ4v) is 2.40. The number of hydrogen-bond acceptors (Lipinski definition) is 2. The summed E-state index contributed by atoms with van der Waals surface area (Å²) in [5, 5.41) is 4.55. The lowest BCUT2D eigenvalue weighted by molar-refractivity contribution is 0.750. The zero-order valence-corrected chi connectivity index (χ0v) is 12.3. The van der Waals surface area contributed by atoms with E-state index in [1.807, 2.05) is 41.9 Å². The second-order valence-corrected chi connectivity index (χ2v) is 5.13. The van der Waals surface area contributed by atoms with Gasteiger partial charge in [-0.3, -0.25) is 4.57 Å². The number of aromatic nitrogens is 3. The van der Waals surface area contributed by atoms with Crippen molar-refractivity contribution in [2.24, 2.45) is 7.05 Å². The minimum Gasteiger partial charge on any atom is -0.268 e. The van der Waals surface area contributed by atoms with E-state index in [2.05, 4.69) is 36.3 Å². The molecule has 0 N–H and O–H groups in total. The highest BCUT2D eigenvalue weighted by Crippen LogP contribution is 2.22. The van der Waals surface area contributed by atoms with E-state index in [9.17, 15) is 0 Å². The Morgan fingerprint density at radius 2 is 1.60 bits per heavy atom. The van der Waals surface area contributed by atoms with Crippen LogP contribution in [0.1, 0.15) is 5.56 Å². The Hall–Kier alpha value is -2.20. The molecule has 0 unspecified atom stereocenters. The molecule has 0 bridgehead atoms. The summed E-state index contributed by atoms with van der Waals surface area (Å²) >= 11 is 5.49. The van der Waals surface area contributed by atoms with Gasteiger partial charge in [0.25, 0.3) is 0 Å². The second kappa shape index (κ2) is 5.06. The third-order valence-electron chi connectivity index (χ3n) is 3.25. The van der Waals surface area contributed by atoms with Gasteiger partial charge in [0.05, 0.1) is 0 Å². The quantitative estimate of drug-likeness (QED) is 0.664. The van der Waals surface area contributed by atoms with E-state index in [0.29, 0.717) is 4.77 Å². The molecule has 2 aromatic carbocycles. The van der Waals surface area contributed by atoms with Gasteiger partial charge in [-0.15, -0.1) is 0 Å². The van der Waals surface area contributed by atoms with Gasteiger partial charge >= 0.3 is 0 Å². The van der Waals surface area contributed by atoms with Crippen LogP contribution in [0, 0.1) is 11.7 Å². The maximum absolute atomic E-state index is 5.49. The van der Waals surface area contributed by atoms with Crippen molar-refractivity contribution >= 4 is 12.2 Å². The molecule has 0 aliphatic carbocycles. The first-order valence-electron chi connectivity index (χ1n) is 6.45. The van der Waals surface area contributed by atoms with Gasteiger partial charge in [-0.25, -0.2) is 4.68 Å². The summed E-state index contributed by atoms with van der Waals surface area (Å²) < 4.78 is 4.43. The molecule has 100 valence electrons. The van der Waals surface area contributed by atoms with E-state index < -0.39 is 0 Å². The lowest BCUT2D eigenvalue weighted by atomic mass is 10.2. The Morgan fingerprint density at radius 3 is 2.25 bits per heavy atom. The predicted octanol–water partition coefficient (Wildman–Crippen LogP) is 3.92. The van der Waals surface area contributed by atoms with Crippen LogP contribution in [0.25, 0.3) is 17.1 Å². The number of aryl methyl sites for hydroxylation is 2. The first-order valence-corrected chi connectivity index (χ1v) is 6.86. The monoisotopic (exact) mass is 281 g/mol. The van der Waals surface area contributed by atoms with E-state index in [1.54, 1.807) is 4.68 Å². The van der Waals surface area contributed by atoms with Crippen molar-refractivity contribution in [3.05, 3.63) is 64.9 Å². The highest BCUT2D eigenvalue weighted by atomic mass is 32.1. The lowest BCUT2D eigenvalue weighted by Crippen LogP contribution is -1.98. The predicted molar refractivity (Wildman–Crippen MR) is 83.5 cm³/mol. The molecule has 3 nitrogen and oxygen atoms in total. The third-order valence-corrected chi connectivity index (χ3v) is 3.70. The molecule has 0 aliphatic heterocycles. The summed E-state index contributed by atoms with van der Waals surface area (Å²) in [6.07, 6.45) is 0. The molecule has 3 aromatic rings. The van der Waals surface area contributed by atoms with Crippen LogP contribution in [0.3, 0.4) is 0 Å². The highest BCUT2D eigenvalue weighted by Gasteiger charge is 2.12. The van der Waals surface area contributed by atoms with E-state index in [4.69, 9.17) is 12.2 Å². The van der Waals surface area contributed by atoms with Crippen molar-refractivity contribution in [2.45, 2.75) is 6.92 Å². The molecule has 0 atom stereocenters. The molecule has 1 aromatic heterocycles. The van der Waals surface area contributed by atoms with Crippen molar-refractivity contribution in [1.29, 1.82) is 0 Å². The first-order chi connectivity index (χ1) is 9.66. The zero-order chi connectivity index (χ0) is 14.1. The van der Waals surface area contributed by atoms with Crippen LogP contribution in [0.5, 0.6) is 0 Å². The topological polar surface area (TPSA) is 22.8 Å². The standard InChI is InChI=1S/C16H15N3S/c1-12-8-10-14(11-9-12)19-15(17-18(2)16(19)20)13-6-4-3-5-7-13/h3-11H,1-2H3. The second-order valence-electron chi connectivity index (χ2n) is 4.77. The van der Waals surface area contributed by atoms with Crippen molar-refractivity contribution in [1.82, 2.24) is 14.3 Å². The molecule has 0 saturated carbocycles. The van der Waals surface area contributed by atoms with Crippen LogP contribution in [-0.4, -0.2) is 14.3 Å². The third kappa shape index (κ3) is 2.18. The van der Waals surface area contributed by atoms with Crippen LogP contribution >= 0.6 is 12.2 Å². The Labute approximate surface area is 123 Å². The Morgan fingerprint density at radius 1 is 0.950 bits per heavy atom. The van der Waals surface area contributed by atoms with E-state index in [0.717, 1.165) is 17.1 Å². The lowest BCUT2D eigenvalue weighted by Gasteiger charge is -2.07. The summed E-state index contributed by atoms with van der Waals surface area (Å²) in [6, 6.07) is 18.4. The Balaban J connectivity index is 2.25. The Bertz CT molecular complexity index is 783. The average Bonchev–Trinajstić information content (AvgIpc) is 2.77. The summed E-state index contributed by atoms with van der Waals surface area (Å²) in [7, 11) is 1.87. The van der Waals surface area contributed by atoms with Crippen LogP contribution in [0.4, 0.5) is 0 Å². The van der Waals surface area contributed by atoms with E-state index in [-0.39, 0.29) is 0 Å². The normalized spacial score (nSPS) is 10.7. The van der Waals surface area contributed by atoms with Gasteiger partial charge in [-0.2, -0.15) is 5.10 Å². The summed E-state index contributed by atoms with van der Waals surface area (Å²) in [5.41, 5.74) is 3.32. The molecule has 0 spiro atoms. The molecule has 3 rings (SSSR count). The van der Waals surface area contributed by atoms with Crippen LogP contribution in [0.2, 0.25) is 0 Å². The maximum Gasteiger partial charge on any atom is 0.202 e. The number of nitrogens with zero attached hydrogens (tertiary/aromatic N) is 3. The first kappa shape index (κ1) is 12.8. The number of rotatable bonds is 2. The number of benzene rings is 2. The largest absolute Gasteiger partial charge is 0.268 e. The van der Waals surface area contributed by atoms with Gasteiger partial charge in [0.15, 0.2) is 5.82 Å². The van der Waals surface area contributed by atoms with Crippen LogP contribution < -0.4 is 0 Å². The average molecular weight is 281 g/mol. The van der Waals surface area contributed by atoms with Gasteiger partial charge in [0, 0.05) is 18.3 Å². The van der Waals surface area contributed by atoms with Crippen LogP contribution in [-0.2, 0) is 7.05 Å². The smallest absolute Gasteiger partial charge is 0.202 e. The van der Waals surface area contributed by atoms with Gasteiger partial charge in [-0.1, -0.05) is 48.0 Å². The molecule has 0 radical (unpaired) electrons. The minimum absolute atomic E-state index is 0.688. The fourth-order valence-electron chi connectivity index (χ4n) is 2.17. The molecule has 20 heavy (non-hydrogen) atoms. The molecular formula is C16H15N3S. The van der Waals surface area contributed by atoms with Crippen molar-refractivity contribution in [2.75, 3.05) is 0 Å². The molecule has 0 fully saturated rings. The van der Waals surface area contributed by atoms with Crippen molar-refractivity contribution in [3.63, 3.8) is 0 Å². The van der Waals surface area contributed by atoms with Gasteiger partial charge in [0.2, 0.25) is 4.77 Å². The van der Waals surface area contributed by atoms with Gasteiger partial charge in [-0.05, 0) is 31.3 Å². The molecule has 4 heteroatoms. The molecule has 0 saturated heterocycles. The van der Waals surface area contributed by atoms with E-state index >= 15 is 0 Å². The molecule has 0 aliphatic rings. The summed E-state index contributed by atoms with van der Waals surface area (Å²) in [4.78, 5) is 0. The van der Waals surface area contributed by atoms with Gasteiger partial charge in [0.1, 0.15) is 0 Å². The zero-order valence-electron chi connectivity index (χ0n) is 11.4. The van der Waals surface area contributed by atoms with Crippen LogP contribution in [0.15, 0.2) is 54.6 Å². The van der Waals surface area contributed by atoms with Crippen molar-refractivity contribution < 1.29 is 0 Å². The molecule has 1 heterocycles. The fraction of sp³-hybridized carbons (Fsp3) is 0.125. The van der Waals surface area contributed by atoms with Crippen molar-refractivity contribution in [3.8, 4) is 17.1 Å². The summed E-state index contributed by atoms with van der Waals surface area (Å²) in [6.45, 7) is 2.07. The minimum atomic E-state index is 0.688. The van der Waals surface area contributed by atoms with Gasteiger partial charge < -0.3 is 0 Å². The SMILES string of the molecule is Cc1ccc(-n2c(-c3ccccc3)nn(C)c2=S)cc1. The molecular weight excluding hydrogens is 266 g/mol. The molecule has 0 amide bonds. The Kier molecular flexibility index (Phi) is 3.24.